The molecule has 0 aromatic carbocycles. The smallest absolute Gasteiger partial charge is 0.462 e. The first-order valence-corrected chi connectivity index (χ1v) is 43.0. The van der Waals surface area contributed by atoms with Crippen LogP contribution >= 0.6 is 15.6 Å². The minimum absolute atomic E-state index is 0.0662. The monoisotopic (exact) mass is 1520 g/mol. The molecule has 0 radical (unpaired) electrons. The third-order valence-electron chi connectivity index (χ3n) is 15.9. The van der Waals surface area contributed by atoms with Gasteiger partial charge in [-0.2, -0.15) is 0 Å². The van der Waals surface area contributed by atoms with Crippen LogP contribution in [0.4, 0.5) is 0 Å². The van der Waals surface area contributed by atoms with E-state index in [1.165, 1.54) is 0 Å². The van der Waals surface area contributed by atoms with Crippen LogP contribution in [-0.4, -0.2) is 96.7 Å². The number of carbonyl (C=O) groups is 4. The van der Waals surface area contributed by atoms with Gasteiger partial charge >= 0.3 is 39.5 Å². The lowest BCUT2D eigenvalue weighted by molar-refractivity contribution is -0.161. The van der Waals surface area contributed by atoms with Crippen LogP contribution in [0.3, 0.4) is 0 Å². The molecule has 0 amide bonds. The van der Waals surface area contributed by atoms with Crippen molar-refractivity contribution in [2.45, 2.75) is 303 Å². The van der Waals surface area contributed by atoms with E-state index in [0.29, 0.717) is 25.7 Å². The van der Waals surface area contributed by atoms with E-state index in [2.05, 4.69) is 186 Å². The lowest BCUT2D eigenvalue weighted by Gasteiger charge is -2.21. The maximum Gasteiger partial charge on any atom is 0.472 e. The van der Waals surface area contributed by atoms with Crippen molar-refractivity contribution in [3.8, 4) is 0 Å². The molecule has 5 atom stereocenters. The summed E-state index contributed by atoms with van der Waals surface area (Å²) in [5.74, 6) is -2.38. The topological polar surface area (TPSA) is 237 Å². The molecule has 5 unspecified atom stereocenters. The first kappa shape index (κ1) is 100. The fourth-order valence-corrected chi connectivity index (χ4v) is 11.5. The molecule has 0 bridgehead atoms. The van der Waals surface area contributed by atoms with Crippen LogP contribution in [0, 0.1) is 0 Å². The predicted molar refractivity (Wildman–Crippen MR) is 436 cm³/mol. The third kappa shape index (κ3) is 76.4. The molecule has 0 aliphatic rings. The molecule has 0 aliphatic carbocycles. The zero-order chi connectivity index (χ0) is 77.4. The molecule has 0 heterocycles. The van der Waals surface area contributed by atoms with E-state index in [9.17, 15) is 43.2 Å². The summed E-state index contributed by atoms with van der Waals surface area (Å²) in [5.41, 5.74) is 0. The van der Waals surface area contributed by atoms with Crippen molar-refractivity contribution in [2.24, 2.45) is 0 Å². The zero-order valence-corrected chi connectivity index (χ0v) is 67.3. The Bertz CT molecular complexity index is 2730. The summed E-state index contributed by atoms with van der Waals surface area (Å²) in [7, 11) is -10.0. The minimum Gasteiger partial charge on any atom is -0.462 e. The highest BCUT2D eigenvalue weighted by atomic mass is 31.2. The van der Waals surface area contributed by atoms with E-state index >= 15 is 0 Å². The molecule has 19 heteroatoms. The van der Waals surface area contributed by atoms with E-state index in [0.717, 1.165) is 205 Å². The van der Waals surface area contributed by atoms with Gasteiger partial charge in [-0.3, -0.25) is 37.3 Å². The SMILES string of the molecule is CC/C=C\C/C=C\C/C=C\C/C=C\C/C=C\CC(=O)OC(COC(=O)CCCCCCCC/C=C\C/C=C\C/C=C\C/C=C\CC)COP(=O)(O)OCC(O)COP(=O)(O)OCC(COC(=O)CCCCCCCC/C=C\C/C=C\C/C=C\C/C=C\CC)OC(=O)CCCCCCC/C=C\C/C=C\CCC. The lowest BCUT2D eigenvalue weighted by atomic mass is 10.1. The van der Waals surface area contributed by atoms with Gasteiger partial charge in [-0.05, 0) is 154 Å². The van der Waals surface area contributed by atoms with Gasteiger partial charge in [0.1, 0.15) is 19.3 Å². The van der Waals surface area contributed by atoms with Crippen molar-refractivity contribution in [2.75, 3.05) is 39.6 Å². The van der Waals surface area contributed by atoms with E-state index < -0.39 is 97.5 Å². The van der Waals surface area contributed by atoms with Crippen molar-refractivity contribution in [1.82, 2.24) is 0 Å². The van der Waals surface area contributed by atoms with Crippen molar-refractivity contribution in [3.05, 3.63) is 182 Å². The number of rotatable bonds is 73. The predicted octanol–water partition coefficient (Wildman–Crippen LogP) is 23.6. The molecule has 3 N–H and O–H groups in total. The number of hydrogen-bond acceptors (Lipinski definition) is 15. The summed E-state index contributed by atoms with van der Waals surface area (Å²) >= 11 is 0. The Morgan fingerprint density at radius 2 is 0.528 bits per heavy atom. The molecule has 0 aromatic heterocycles. The number of aliphatic hydroxyl groups excluding tert-OH is 1. The van der Waals surface area contributed by atoms with Crippen LogP contribution in [-0.2, 0) is 65.4 Å². The molecule has 600 valence electrons. The van der Waals surface area contributed by atoms with Crippen LogP contribution in [0.15, 0.2) is 182 Å². The van der Waals surface area contributed by atoms with E-state index in [-0.39, 0.29) is 25.7 Å². The molecule has 0 spiro atoms. The minimum atomic E-state index is -5.02. The van der Waals surface area contributed by atoms with Gasteiger partial charge in [-0.15, -0.1) is 0 Å². The number of ether oxygens (including phenoxy) is 4. The molecule has 106 heavy (non-hydrogen) atoms. The average molecular weight is 1520 g/mol. The molecular weight excluding hydrogens is 1380 g/mol. The average Bonchev–Trinajstić information content (AvgIpc) is 0.903. The number of phosphoric ester groups is 2. The summed E-state index contributed by atoms with van der Waals surface area (Å²) in [5, 5.41) is 10.6. The quantitative estimate of drug-likeness (QED) is 0.0169. The number of phosphoric acid groups is 2. The molecule has 17 nitrogen and oxygen atoms in total. The number of esters is 4. The number of unbranched alkanes of at least 4 members (excludes halogenated alkanes) is 18. The van der Waals surface area contributed by atoms with E-state index in [1.54, 1.807) is 12.2 Å². The molecule has 0 rings (SSSR count). The Labute approximate surface area is 641 Å². The van der Waals surface area contributed by atoms with Gasteiger partial charge in [0.25, 0.3) is 0 Å². The Hall–Kier alpha value is -5.84. The van der Waals surface area contributed by atoms with Crippen molar-refractivity contribution < 1.29 is 80.2 Å². The largest absolute Gasteiger partial charge is 0.472 e. The summed E-state index contributed by atoms with van der Waals surface area (Å²) in [6.45, 7) is 4.29. The second-order valence-corrected chi connectivity index (χ2v) is 28.8. The van der Waals surface area contributed by atoms with Crippen LogP contribution < -0.4 is 0 Å². The van der Waals surface area contributed by atoms with Gasteiger partial charge in [0.2, 0.25) is 0 Å². The lowest BCUT2D eigenvalue weighted by Crippen LogP contribution is -2.30. The fraction of sp³-hybridized carbons (Fsp3) is 0.609. The summed E-state index contributed by atoms with van der Waals surface area (Å²) in [4.78, 5) is 73.0. The Morgan fingerprint density at radius 3 is 0.840 bits per heavy atom. The van der Waals surface area contributed by atoms with Crippen molar-refractivity contribution in [1.29, 1.82) is 0 Å². The number of carbonyl (C=O) groups excluding carboxylic acids is 4. The first-order chi connectivity index (χ1) is 51.7. The highest BCUT2D eigenvalue weighted by Gasteiger charge is 2.30. The normalized spacial score (nSPS) is 14.8. The van der Waals surface area contributed by atoms with Gasteiger partial charge in [0.15, 0.2) is 12.2 Å². The second-order valence-electron chi connectivity index (χ2n) is 25.9. The number of hydrogen-bond donors (Lipinski definition) is 3. The number of allylic oxidation sites excluding steroid dienone is 29. The van der Waals surface area contributed by atoms with Gasteiger partial charge < -0.3 is 33.8 Å². The van der Waals surface area contributed by atoms with Gasteiger partial charge in [0, 0.05) is 19.3 Å². The third-order valence-corrected chi connectivity index (χ3v) is 17.8. The zero-order valence-electron chi connectivity index (χ0n) is 65.5. The van der Waals surface area contributed by atoms with Gasteiger partial charge in [-0.1, -0.05) is 287 Å². The molecule has 0 fully saturated rings. The van der Waals surface area contributed by atoms with E-state index in [1.807, 2.05) is 12.2 Å². The van der Waals surface area contributed by atoms with Crippen LogP contribution in [0.25, 0.3) is 0 Å². The molecule has 0 aliphatic heterocycles. The van der Waals surface area contributed by atoms with Gasteiger partial charge in [0.05, 0.1) is 32.8 Å². The maximum atomic E-state index is 13.1. The molecule has 0 saturated heterocycles. The Morgan fingerprint density at radius 1 is 0.283 bits per heavy atom. The summed E-state index contributed by atoms with van der Waals surface area (Å²) in [6, 6.07) is 0. The van der Waals surface area contributed by atoms with E-state index in [4.69, 9.17) is 37.0 Å². The summed E-state index contributed by atoms with van der Waals surface area (Å²) < 4.78 is 68.5. The highest BCUT2D eigenvalue weighted by Crippen LogP contribution is 2.45. The Balaban J connectivity index is 5.45. The molecular formula is C87H140O17P2. The van der Waals surface area contributed by atoms with Crippen molar-refractivity contribution in [3.63, 3.8) is 0 Å². The van der Waals surface area contributed by atoms with Crippen LogP contribution in [0.1, 0.15) is 285 Å². The van der Waals surface area contributed by atoms with Crippen LogP contribution in [0.2, 0.25) is 0 Å². The number of aliphatic hydroxyl groups is 1. The van der Waals surface area contributed by atoms with Gasteiger partial charge in [-0.25, -0.2) is 9.13 Å². The second kappa shape index (κ2) is 77.3. The van der Waals surface area contributed by atoms with Crippen molar-refractivity contribution >= 4 is 39.5 Å². The highest BCUT2D eigenvalue weighted by molar-refractivity contribution is 7.47. The standard InChI is InChI=1S/C87H140O17P2/c1-5-9-13-17-21-25-29-33-36-38-40-42-45-48-51-55-59-63-67-71-84(89)97-77-82(103-86(91)73-69-65-61-57-53-47-32-28-24-20-16-12-8-4)79-101-105(93,94)99-75-81(88)76-100-106(95,96)102-80-83(104-87(92)74-70-66-62-58-54-50-44-35-31-27-23-19-15-11-7-3)78-98-85(90)72-68-64-60-56-52-49-46-43-41-39-37-34-30-26-22-18-14-10-6-2/h9-11,13-16,20-23,25-28,32-37,40-44,54,58,66,70,81-83,88H,5-8,12,17-19,24,29-31,38-39,45-53,55-57,59-65,67-69,71-80H2,1-4H3,(H,93,94)(H,95,96)/b13-9-,14-10-,15-11-,20-16-,25-21-,26-22-,27-23-,32-28-,36-33-,37-34-,42-40-,43-41-,44-35-,58-54-,70-66-. The molecule has 0 aromatic rings. The Kier molecular flexibility index (Phi) is 73.1. The maximum absolute atomic E-state index is 13.1. The fourth-order valence-electron chi connectivity index (χ4n) is 9.90. The first-order valence-electron chi connectivity index (χ1n) is 40.0. The molecule has 0 saturated carbocycles. The summed E-state index contributed by atoms with van der Waals surface area (Å²) in [6.07, 6.45) is 93.3. The van der Waals surface area contributed by atoms with Crippen LogP contribution in [0.5, 0.6) is 0 Å².